The standard InChI is InChI=1S/C14H18Cl2N4O/c1-9-17-11-4-7-20(14(21)12(15)16)8-10(11)13(18-9)19-5-2-3-6-19/h12H,2-8H2,1H3. The van der Waals surface area contributed by atoms with Gasteiger partial charge < -0.3 is 9.80 Å². The molecule has 1 aromatic rings. The van der Waals surface area contributed by atoms with Crippen molar-refractivity contribution in [3.8, 4) is 0 Å². The molecule has 0 atom stereocenters. The van der Waals surface area contributed by atoms with Crippen LogP contribution < -0.4 is 4.90 Å². The van der Waals surface area contributed by atoms with Crippen molar-refractivity contribution in [3.63, 3.8) is 0 Å². The minimum absolute atomic E-state index is 0.239. The van der Waals surface area contributed by atoms with Gasteiger partial charge in [0.15, 0.2) is 4.84 Å². The molecule has 21 heavy (non-hydrogen) atoms. The van der Waals surface area contributed by atoms with Crippen LogP contribution in [0.2, 0.25) is 0 Å². The molecule has 5 nitrogen and oxygen atoms in total. The van der Waals surface area contributed by atoms with E-state index in [4.69, 9.17) is 23.2 Å². The van der Waals surface area contributed by atoms with E-state index in [9.17, 15) is 4.79 Å². The van der Waals surface area contributed by atoms with Crippen LogP contribution in [0.3, 0.4) is 0 Å². The average Bonchev–Trinajstić information content (AvgIpc) is 2.99. The molecule has 0 radical (unpaired) electrons. The summed E-state index contributed by atoms with van der Waals surface area (Å²) < 4.78 is 0. The topological polar surface area (TPSA) is 49.3 Å². The molecule has 2 aliphatic heterocycles. The third-order valence-corrected chi connectivity index (χ3v) is 4.43. The molecule has 2 aliphatic rings. The quantitative estimate of drug-likeness (QED) is 0.780. The third-order valence-electron chi connectivity index (χ3n) is 4.05. The molecule has 0 saturated carbocycles. The van der Waals surface area contributed by atoms with E-state index < -0.39 is 4.84 Å². The van der Waals surface area contributed by atoms with E-state index in [0.717, 1.165) is 42.4 Å². The lowest BCUT2D eigenvalue weighted by atomic mass is 10.1. The Labute approximate surface area is 134 Å². The summed E-state index contributed by atoms with van der Waals surface area (Å²) in [7, 11) is 0. The number of carbonyl (C=O) groups is 1. The van der Waals surface area contributed by atoms with Gasteiger partial charge in [-0.2, -0.15) is 0 Å². The smallest absolute Gasteiger partial charge is 0.256 e. The monoisotopic (exact) mass is 328 g/mol. The van der Waals surface area contributed by atoms with Gasteiger partial charge in [0.05, 0.1) is 12.2 Å². The molecule has 0 aliphatic carbocycles. The zero-order chi connectivity index (χ0) is 15.0. The lowest BCUT2D eigenvalue weighted by Crippen LogP contribution is -2.40. The van der Waals surface area contributed by atoms with Crippen molar-refractivity contribution < 1.29 is 4.79 Å². The van der Waals surface area contributed by atoms with Crippen LogP contribution in [0.25, 0.3) is 0 Å². The highest BCUT2D eigenvalue weighted by Crippen LogP contribution is 2.29. The van der Waals surface area contributed by atoms with Gasteiger partial charge in [0.25, 0.3) is 5.91 Å². The minimum atomic E-state index is -1.01. The first-order valence-electron chi connectivity index (χ1n) is 7.24. The Morgan fingerprint density at radius 1 is 1.19 bits per heavy atom. The summed E-state index contributed by atoms with van der Waals surface area (Å²) in [5.41, 5.74) is 2.10. The maximum atomic E-state index is 12.0. The molecule has 0 spiro atoms. The van der Waals surface area contributed by atoms with Crippen LogP contribution >= 0.6 is 23.2 Å². The molecule has 7 heteroatoms. The van der Waals surface area contributed by atoms with E-state index in [1.165, 1.54) is 12.8 Å². The highest BCUT2D eigenvalue weighted by atomic mass is 35.5. The summed E-state index contributed by atoms with van der Waals surface area (Å²) in [5.74, 6) is 1.54. The molecular formula is C14H18Cl2N4O. The second-order valence-corrected chi connectivity index (χ2v) is 6.62. The Balaban J connectivity index is 1.93. The van der Waals surface area contributed by atoms with Crippen LogP contribution in [0.5, 0.6) is 0 Å². The molecule has 0 bridgehead atoms. The van der Waals surface area contributed by atoms with Gasteiger partial charge in [0, 0.05) is 31.6 Å². The SMILES string of the molecule is Cc1nc2c(c(N3CCCC3)n1)CN(C(=O)C(Cl)Cl)CC2. The summed E-state index contributed by atoms with van der Waals surface area (Å²) in [6.07, 6.45) is 3.10. The van der Waals surface area contributed by atoms with Gasteiger partial charge in [0.1, 0.15) is 11.6 Å². The molecule has 3 heterocycles. The van der Waals surface area contributed by atoms with E-state index in [0.29, 0.717) is 13.1 Å². The summed E-state index contributed by atoms with van der Waals surface area (Å²) in [5, 5.41) is 0. The van der Waals surface area contributed by atoms with E-state index >= 15 is 0 Å². The van der Waals surface area contributed by atoms with Crippen molar-refractivity contribution in [2.75, 3.05) is 24.5 Å². The van der Waals surface area contributed by atoms with Gasteiger partial charge in [-0.25, -0.2) is 9.97 Å². The number of aryl methyl sites for hydroxylation is 1. The molecule has 1 saturated heterocycles. The molecule has 0 aromatic carbocycles. The van der Waals surface area contributed by atoms with Crippen molar-refractivity contribution in [1.82, 2.24) is 14.9 Å². The second-order valence-electron chi connectivity index (χ2n) is 5.52. The molecule has 1 amide bonds. The Kier molecular flexibility index (Phi) is 4.22. The molecule has 0 unspecified atom stereocenters. The molecule has 3 rings (SSSR count). The van der Waals surface area contributed by atoms with Crippen molar-refractivity contribution in [1.29, 1.82) is 0 Å². The van der Waals surface area contributed by atoms with Gasteiger partial charge in [0.2, 0.25) is 0 Å². The zero-order valence-electron chi connectivity index (χ0n) is 12.0. The van der Waals surface area contributed by atoms with Gasteiger partial charge >= 0.3 is 0 Å². The van der Waals surface area contributed by atoms with Crippen molar-refractivity contribution in [2.45, 2.75) is 37.6 Å². The minimum Gasteiger partial charge on any atom is -0.356 e. The van der Waals surface area contributed by atoms with E-state index in [1.807, 2.05) is 6.92 Å². The number of hydrogen-bond acceptors (Lipinski definition) is 4. The number of alkyl halides is 2. The fraction of sp³-hybridized carbons (Fsp3) is 0.643. The van der Waals surface area contributed by atoms with Crippen LogP contribution in [0, 0.1) is 6.92 Å². The predicted octanol–water partition coefficient (Wildman–Crippen LogP) is 2.07. The molecular weight excluding hydrogens is 311 g/mol. The van der Waals surface area contributed by atoms with Crippen LogP contribution in [0.1, 0.15) is 29.9 Å². The first-order valence-corrected chi connectivity index (χ1v) is 8.12. The Morgan fingerprint density at radius 2 is 1.90 bits per heavy atom. The van der Waals surface area contributed by atoms with Crippen LogP contribution in [0.4, 0.5) is 5.82 Å². The van der Waals surface area contributed by atoms with E-state index in [1.54, 1.807) is 4.90 Å². The Hall–Kier alpha value is -1.07. The first kappa shape index (κ1) is 14.9. The summed E-state index contributed by atoms with van der Waals surface area (Å²) >= 11 is 11.4. The lowest BCUT2D eigenvalue weighted by molar-refractivity contribution is -0.130. The van der Waals surface area contributed by atoms with Crippen LogP contribution in [-0.2, 0) is 17.8 Å². The van der Waals surface area contributed by atoms with E-state index in [-0.39, 0.29) is 5.91 Å². The maximum absolute atomic E-state index is 12.0. The Bertz CT molecular complexity index is 558. The van der Waals surface area contributed by atoms with Gasteiger partial charge in [-0.1, -0.05) is 23.2 Å². The summed E-state index contributed by atoms with van der Waals surface area (Å²) in [6.45, 7) is 5.06. The number of aromatic nitrogens is 2. The normalized spacial score (nSPS) is 18.3. The number of hydrogen-bond donors (Lipinski definition) is 0. The van der Waals surface area contributed by atoms with Crippen molar-refractivity contribution >= 4 is 34.9 Å². The molecule has 1 fully saturated rings. The number of amides is 1. The van der Waals surface area contributed by atoms with Gasteiger partial charge in [-0.05, 0) is 19.8 Å². The molecule has 114 valence electrons. The number of nitrogens with zero attached hydrogens (tertiary/aromatic N) is 4. The highest BCUT2D eigenvalue weighted by molar-refractivity contribution is 6.53. The fourth-order valence-corrected chi connectivity index (χ4v) is 3.31. The first-order chi connectivity index (χ1) is 10.1. The predicted molar refractivity (Wildman–Crippen MR) is 82.8 cm³/mol. The average molecular weight is 329 g/mol. The van der Waals surface area contributed by atoms with Crippen molar-refractivity contribution in [2.24, 2.45) is 0 Å². The largest absolute Gasteiger partial charge is 0.356 e. The molecule has 0 N–H and O–H groups in total. The van der Waals surface area contributed by atoms with Crippen molar-refractivity contribution in [3.05, 3.63) is 17.1 Å². The van der Waals surface area contributed by atoms with E-state index in [2.05, 4.69) is 14.9 Å². The third kappa shape index (κ3) is 2.94. The van der Waals surface area contributed by atoms with Crippen LogP contribution in [0.15, 0.2) is 0 Å². The fourth-order valence-electron chi connectivity index (χ4n) is 3.03. The number of carbonyl (C=O) groups excluding carboxylic acids is 1. The second kappa shape index (κ2) is 5.97. The number of halogens is 2. The number of rotatable bonds is 2. The Morgan fingerprint density at radius 3 is 2.57 bits per heavy atom. The molecule has 1 aromatic heterocycles. The maximum Gasteiger partial charge on any atom is 0.256 e. The zero-order valence-corrected chi connectivity index (χ0v) is 13.5. The van der Waals surface area contributed by atoms with Gasteiger partial charge in [-0.15, -0.1) is 0 Å². The van der Waals surface area contributed by atoms with Crippen LogP contribution in [-0.4, -0.2) is 45.2 Å². The number of anilines is 1. The highest BCUT2D eigenvalue weighted by Gasteiger charge is 2.29. The lowest BCUT2D eigenvalue weighted by Gasteiger charge is -2.31. The summed E-state index contributed by atoms with van der Waals surface area (Å²) in [6, 6.07) is 0. The summed E-state index contributed by atoms with van der Waals surface area (Å²) in [4.78, 5) is 24.2. The number of fused-ring (bicyclic) bond motifs is 1. The van der Waals surface area contributed by atoms with Gasteiger partial charge in [-0.3, -0.25) is 4.79 Å².